The van der Waals surface area contributed by atoms with Gasteiger partial charge in [-0.15, -0.1) is 0 Å². The van der Waals surface area contributed by atoms with Crippen molar-refractivity contribution in [2.45, 2.75) is 12.1 Å². The number of methoxy groups -OCH3 is 1. The normalized spacial score (nSPS) is 19.7. The van der Waals surface area contributed by atoms with E-state index < -0.39 is 6.04 Å². The summed E-state index contributed by atoms with van der Waals surface area (Å²) < 4.78 is 6.02. The minimum Gasteiger partial charge on any atom is -0.497 e. The number of carbonyl (C=O) groups is 2. The minimum absolute atomic E-state index is 0.273. The third kappa shape index (κ3) is 3.42. The highest BCUT2D eigenvalue weighted by molar-refractivity contribution is 9.10. The third-order valence-corrected chi connectivity index (χ3v) is 4.36. The molecule has 3 N–H and O–H groups in total. The second-order valence-electron chi connectivity index (χ2n) is 5.34. The van der Waals surface area contributed by atoms with Gasteiger partial charge in [0.1, 0.15) is 11.8 Å². The molecular formula is C17H16BrN3O3. The fourth-order valence-corrected chi connectivity index (χ4v) is 2.79. The summed E-state index contributed by atoms with van der Waals surface area (Å²) in [7, 11) is 1.56. The average Bonchev–Trinajstić information content (AvgIpc) is 2.96. The van der Waals surface area contributed by atoms with Crippen LogP contribution in [0.4, 0.5) is 0 Å². The molecule has 2 amide bonds. The number of ether oxygens (including phenoxy) is 1. The van der Waals surface area contributed by atoms with Crippen molar-refractivity contribution in [2.75, 3.05) is 7.11 Å². The van der Waals surface area contributed by atoms with Crippen LogP contribution in [0.5, 0.6) is 5.75 Å². The Balaban J connectivity index is 1.76. The first-order chi connectivity index (χ1) is 11.6. The summed E-state index contributed by atoms with van der Waals surface area (Å²) in [6.07, 6.45) is 0. The Kier molecular flexibility index (Phi) is 4.82. The van der Waals surface area contributed by atoms with Gasteiger partial charge < -0.3 is 10.1 Å². The largest absolute Gasteiger partial charge is 0.497 e. The maximum Gasteiger partial charge on any atom is 0.258 e. The van der Waals surface area contributed by atoms with E-state index in [1.807, 2.05) is 24.3 Å². The van der Waals surface area contributed by atoms with Crippen LogP contribution in [0, 0.1) is 0 Å². The number of nitrogens with one attached hydrogen (secondary N) is 3. The first-order valence-corrected chi connectivity index (χ1v) is 8.13. The molecule has 1 heterocycles. The van der Waals surface area contributed by atoms with Crippen LogP contribution >= 0.6 is 15.9 Å². The van der Waals surface area contributed by atoms with Gasteiger partial charge in [0.2, 0.25) is 0 Å². The van der Waals surface area contributed by atoms with Gasteiger partial charge in [0, 0.05) is 10.0 Å². The Bertz CT molecular complexity index is 747. The fraction of sp³-hybridized carbons (Fsp3) is 0.176. The molecule has 1 aliphatic rings. The first-order valence-electron chi connectivity index (χ1n) is 7.34. The van der Waals surface area contributed by atoms with Crippen LogP contribution < -0.4 is 20.9 Å². The topological polar surface area (TPSA) is 79.5 Å². The molecule has 0 radical (unpaired) electrons. The average molecular weight is 390 g/mol. The van der Waals surface area contributed by atoms with Crippen molar-refractivity contribution in [1.29, 1.82) is 0 Å². The molecule has 3 rings (SSSR count). The number of halogens is 1. The van der Waals surface area contributed by atoms with Crippen molar-refractivity contribution in [3.8, 4) is 5.75 Å². The second-order valence-corrected chi connectivity index (χ2v) is 6.26. The van der Waals surface area contributed by atoms with E-state index in [4.69, 9.17) is 4.74 Å². The van der Waals surface area contributed by atoms with Crippen LogP contribution in [0.1, 0.15) is 22.0 Å². The molecule has 0 saturated carbocycles. The van der Waals surface area contributed by atoms with Gasteiger partial charge in [0.25, 0.3) is 11.8 Å². The molecule has 1 aliphatic heterocycles. The minimum atomic E-state index is -0.694. The smallest absolute Gasteiger partial charge is 0.258 e. The molecule has 1 fully saturated rings. The van der Waals surface area contributed by atoms with E-state index in [1.54, 1.807) is 31.4 Å². The molecule has 7 heteroatoms. The molecule has 0 bridgehead atoms. The van der Waals surface area contributed by atoms with Crippen molar-refractivity contribution in [3.05, 3.63) is 64.1 Å². The third-order valence-electron chi connectivity index (χ3n) is 3.83. The van der Waals surface area contributed by atoms with Crippen molar-refractivity contribution >= 4 is 27.7 Å². The van der Waals surface area contributed by atoms with E-state index in [0.717, 1.165) is 10.0 Å². The fourth-order valence-electron chi connectivity index (χ4n) is 2.52. The molecule has 1 saturated heterocycles. The van der Waals surface area contributed by atoms with E-state index >= 15 is 0 Å². The van der Waals surface area contributed by atoms with E-state index in [1.165, 1.54) is 0 Å². The summed E-state index contributed by atoms with van der Waals surface area (Å²) >= 11 is 3.38. The van der Waals surface area contributed by atoms with Crippen molar-refractivity contribution < 1.29 is 14.3 Å². The van der Waals surface area contributed by atoms with Crippen LogP contribution in [0.3, 0.4) is 0 Å². The Labute approximate surface area is 147 Å². The van der Waals surface area contributed by atoms with Gasteiger partial charge in [-0.3, -0.25) is 15.0 Å². The van der Waals surface area contributed by atoms with Gasteiger partial charge in [0.05, 0.1) is 13.2 Å². The van der Waals surface area contributed by atoms with Crippen LogP contribution in [0.2, 0.25) is 0 Å². The van der Waals surface area contributed by atoms with E-state index in [2.05, 4.69) is 32.1 Å². The Morgan fingerprint density at radius 1 is 1.12 bits per heavy atom. The summed E-state index contributed by atoms with van der Waals surface area (Å²) in [4.78, 5) is 24.5. The number of benzene rings is 2. The predicted octanol–water partition coefficient (Wildman–Crippen LogP) is 1.93. The standard InChI is InChI=1S/C17H16BrN3O3/c1-24-13-8-4-11(5-9-13)16(22)19-15-14(20-21-17(15)23)10-2-6-12(18)7-3-10/h2-9,14-15,20H,1H3,(H,19,22)(H,21,23). The van der Waals surface area contributed by atoms with Crippen LogP contribution in [-0.2, 0) is 4.79 Å². The maximum atomic E-state index is 12.4. The number of carbonyl (C=O) groups excluding carboxylic acids is 2. The highest BCUT2D eigenvalue weighted by Gasteiger charge is 2.36. The van der Waals surface area contributed by atoms with E-state index in [-0.39, 0.29) is 17.9 Å². The van der Waals surface area contributed by atoms with Crippen LogP contribution in [-0.4, -0.2) is 25.0 Å². The molecular weight excluding hydrogens is 374 g/mol. The molecule has 2 unspecified atom stereocenters. The number of rotatable bonds is 4. The number of hydrogen-bond donors (Lipinski definition) is 3. The quantitative estimate of drug-likeness (QED) is 0.746. The summed E-state index contributed by atoms with van der Waals surface area (Å²) in [5.41, 5.74) is 6.85. The molecule has 2 atom stereocenters. The van der Waals surface area contributed by atoms with E-state index in [0.29, 0.717) is 11.3 Å². The number of hydrazine groups is 1. The Morgan fingerprint density at radius 3 is 2.42 bits per heavy atom. The Morgan fingerprint density at radius 2 is 1.79 bits per heavy atom. The van der Waals surface area contributed by atoms with Crippen molar-refractivity contribution in [1.82, 2.24) is 16.2 Å². The second kappa shape index (κ2) is 7.02. The zero-order chi connectivity index (χ0) is 17.1. The van der Waals surface area contributed by atoms with Gasteiger partial charge >= 0.3 is 0 Å². The first kappa shape index (κ1) is 16.5. The summed E-state index contributed by atoms with van der Waals surface area (Å²) in [6, 6.07) is 13.3. The lowest BCUT2D eigenvalue weighted by molar-refractivity contribution is -0.121. The van der Waals surface area contributed by atoms with Gasteiger partial charge in [0.15, 0.2) is 0 Å². The lowest BCUT2D eigenvalue weighted by atomic mass is 10.0. The predicted molar refractivity (Wildman–Crippen MR) is 92.4 cm³/mol. The summed E-state index contributed by atoms with van der Waals surface area (Å²) in [6.45, 7) is 0. The molecule has 6 nitrogen and oxygen atoms in total. The Hall–Kier alpha value is -2.38. The van der Waals surface area contributed by atoms with Crippen LogP contribution in [0.25, 0.3) is 0 Å². The summed E-state index contributed by atoms with van der Waals surface area (Å²) in [5, 5.41) is 2.78. The monoisotopic (exact) mass is 389 g/mol. The lowest BCUT2D eigenvalue weighted by Gasteiger charge is -2.18. The molecule has 0 aliphatic carbocycles. The van der Waals surface area contributed by atoms with Crippen LogP contribution in [0.15, 0.2) is 53.0 Å². The molecule has 24 heavy (non-hydrogen) atoms. The molecule has 124 valence electrons. The number of amides is 2. The van der Waals surface area contributed by atoms with Crippen molar-refractivity contribution in [3.63, 3.8) is 0 Å². The van der Waals surface area contributed by atoms with E-state index in [9.17, 15) is 9.59 Å². The highest BCUT2D eigenvalue weighted by Crippen LogP contribution is 2.22. The molecule has 2 aromatic carbocycles. The highest BCUT2D eigenvalue weighted by atomic mass is 79.9. The van der Waals surface area contributed by atoms with Gasteiger partial charge in [-0.25, -0.2) is 5.43 Å². The SMILES string of the molecule is COc1ccc(C(=O)NC2C(=O)NNC2c2ccc(Br)cc2)cc1. The lowest BCUT2D eigenvalue weighted by Crippen LogP contribution is -2.42. The molecule has 0 aromatic heterocycles. The number of hydrogen-bond acceptors (Lipinski definition) is 4. The maximum absolute atomic E-state index is 12.4. The van der Waals surface area contributed by atoms with Gasteiger partial charge in [-0.2, -0.15) is 0 Å². The molecule has 2 aromatic rings. The van der Waals surface area contributed by atoms with Gasteiger partial charge in [-0.05, 0) is 42.0 Å². The van der Waals surface area contributed by atoms with Crippen molar-refractivity contribution in [2.24, 2.45) is 0 Å². The van der Waals surface area contributed by atoms with Gasteiger partial charge in [-0.1, -0.05) is 28.1 Å². The summed E-state index contributed by atoms with van der Waals surface area (Å²) in [5.74, 6) is 0.0768. The molecule has 0 spiro atoms. The zero-order valence-corrected chi connectivity index (χ0v) is 14.5. The zero-order valence-electron chi connectivity index (χ0n) is 12.9.